The molecule has 0 radical (unpaired) electrons. The fraction of sp³-hybridized carbons (Fsp3) is 0.689. The molecule has 19 heteroatoms. The maximum atomic E-state index is 14.2. The molecule has 0 bridgehead atoms. The molecule has 4 heterocycles. The van der Waals surface area contributed by atoms with Crippen LogP contribution in [0.2, 0.25) is 0 Å². The van der Waals surface area contributed by atoms with Gasteiger partial charge in [0.05, 0.1) is 55.2 Å². The van der Waals surface area contributed by atoms with E-state index in [1.54, 1.807) is 54.2 Å². The van der Waals surface area contributed by atoms with Crippen LogP contribution in [-0.2, 0) is 38.2 Å². The van der Waals surface area contributed by atoms with Crippen molar-refractivity contribution in [2.24, 2.45) is 26.8 Å². The fourth-order valence-electron chi connectivity index (χ4n) is 8.95. The molecule has 8 atom stereocenters. The summed E-state index contributed by atoms with van der Waals surface area (Å²) in [4.78, 5) is 88.4. The van der Waals surface area contributed by atoms with E-state index in [-0.39, 0.29) is 91.9 Å². The van der Waals surface area contributed by atoms with Gasteiger partial charge in [-0.05, 0) is 74.0 Å². The summed E-state index contributed by atoms with van der Waals surface area (Å²) in [5, 5.41) is 15.4. The number of rotatable bonds is 21. The number of fused-ring (bicyclic) bond motifs is 2. The van der Waals surface area contributed by atoms with E-state index < -0.39 is 47.1 Å². The molecule has 2 unspecified atom stereocenters. The number of Topliss-reactive ketones (excluding diaryl/α,β-unsaturated/α-hetero) is 1. The number of hydrogen-bond donors (Lipinski definition) is 5. The quantitative estimate of drug-likeness (QED) is 0.0520. The highest BCUT2D eigenvalue weighted by molar-refractivity contribution is 8.00. The minimum absolute atomic E-state index is 0.0289. The van der Waals surface area contributed by atoms with Gasteiger partial charge in [0.15, 0.2) is 5.78 Å². The van der Waals surface area contributed by atoms with Gasteiger partial charge in [0.2, 0.25) is 29.5 Å². The number of hydrogen-bond acceptors (Lipinski definition) is 14. The van der Waals surface area contributed by atoms with Crippen LogP contribution in [0.5, 0.6) is 0 Å². The van der Waals surface area contributed by atoms with Crippen molar-refractivity contribution >= 4 is 70.8 Å². The zero-order valence-corrected chi connectivity index (χ0v) is 40.1. The zero-order valence-electron chi connectivity index (χ0n) is 38.4. The molecule has 1 aromatic rings. The van der Waals surface area contributed by atoms with Gasteiger partial charge >= 0.3 is 0 Å². The van der Waals surface area contributed by atoms with Gasteiger partial charge in [-0.2, -0.15) is 5.10 Å². The number of carbonyl (C=O) groups excluding carboxylic acids is 6. The first-order chi connectivity index (χ1) is 30.5. The maximum absolute atomic E-state index is 14.2. The Hall–Kier alpha value is -4.04. The predicted octanol–water partition coefficient (Wildman–Crippen LogP) is 2.78. The molecule has 4 fully saturated rings. The number of thioether (sulfide) groups is 2. The molecule has 64 heavy (non-hydrogen) atoms. The van der Waals surface area contributed by atoms with Crippen LogP contribution >= 0.6 is 23.5 Å². The Morgan fingerprint density at radius 1 is 0.906 bits per heavy atom. The molecule has 6 N–H and O–H groups in total. The van der Waals surface area contributed by atoms with Crippen molar-refractivity contribution in [3.8, 4) is 0 Å². The Labute approximate surface area is 386 Å². The largest absolute Gasteiger partial charge is 0.377 e. The van der Waals surface area contributed by atoms with E-state index in [9.17, 15) is 28.8 Å². The number of carbonyl (C=O) groups is 6. The second-order valence-electron chi connectivity index (χ2n) is 18.3. The van der Waals surface area contributed by atoms with E-state index in [0.717, 1.165) is 5.56 Å². The lowest BCUT2D eigenvalue weighted by Crippen LogP contribution is -2.57. The summed E-state index contributed by atoms with van der Waals surface area (Å²) in [5.41, 5.74) is 0.336. The summed E-state index contributed by atoms with van der Waals surface area (Å²) in [6.45, 7) is 12.6. The Kier molecular flexibility index (Phi) is 18.6. The molecule has 4 aliphatic rings. The lowest BCUT2D eigenvalue weighted by Gasteiger charge is -2.35. The number of nitrogens with zero attached hydrogens (tertiary/aromatic N) is 4. The third-order valence-electron chi connectivity index (χ3n) is 12.5. The van der Waals surface area contributed by atoms with Gasteiger partial charge in [0.25, 0.3) is 0 Å². The number of hydrazone groups is 1. The SMILES string of the molecule is CCC(=O)N[C@H]1CCSC2CC(C)(C)[C@@H](C(=O)N[C@H](COCCN=CC(COCCCC(=O)[C@H]3N4C(=O)[C@@H](NC(=O)[C@H](C)NC)CCSC4CC3(C)C)=NN)c3ccccc3)N2C1=O. The van der Waals surface area contributed by atoms with Crippen molar-refractivity contribution in [2.45, 2.75) is 133 Å². The first-order valence-electron chi connectivity index (χ1n) is 22.5. The summed E-state index contributed by atoms with van der Waals surface area (Å²) in [7, 11) is 1.69. The highest BCUT2D eigenvalue weighted by Crippen LogP contribution is 2.48. The minimum atomic E-state index is -0.734. The summed E-state index contributed by atoms with van der Waals surface area (Å²) >= 11 is 3.32. The monoisotopic (exact) mass is 927 g/mol. The van der Waals surface area contributed by atoms with E-state index in [4.69, 9.17) is 15.3 Å². The van der Waals surface area contributed by atoms with Crippen molar-refractivity contribution in [2.75, 3.05) is 51.5 Å². The van der Waals surface area contributed by atoms with Crippen molar-refractivity contribution < 1.29 is 38.2 Å². The lowest BCUT2D eigenvalue weighted by atomic mass is 9.81. The van der Waals surface area contributed by atoms with E-state index >= 15 is 0 Å². The van der Waals surface area contributed by atoms with Crippen LogP contribution in [0.3, 0.4) is 0 Å². The molecule has 0 spiro atoms. The number of aliphatic imine (C=N–C) groups is 1. The maximum Gasteiger partial charge on any atom is 0.246 e. The average molecular weight is 928 g/mol. The van der Waals surface area contributed by atoms with Gasteiger partial charge in [-0.25, -0.2) is 0 Å². The number of likely N-dealkylation sites (N-methyl/N-ethyl adjacent to an activating group) is 1. The summed E-state index contributed by atoms with van der Waals surface area (Å²) in [5.74, 6) is 5.88. The second-order valence-corrected chi connectivity index (χ2v) is 20.9. The molecule has 17 nitrogen and oxygen atoms in total. The Bertz CT molecular complexity index is 1870. The molecule has 0 saturated carbocycles. The Morgan fingerprint density at radius 2 is 1.52 bits per heavy atom. The first-order valence-corrected chi connectivity index (χ1v) is 24.6. The smallest absolute Gasteiger partial charge is 0.246 e. The van der Waals surface area contributed by atoms with Crippen molar-refractivity contribution in [3.63, 3.8) is 0 Å². The molecule has 1 aromatic carbocycles. The highest BCUT2D eigenvalue weighted by Gasteiger charge is 2.55. The second kappa shape index (κ2) is 23.4. The molecule has 4 saturated heterocycles. The number of ether oxygens (including phenoxy) is 2. The van der Waals surface area contributed by atoms with Gasteiger partial charge in [-0.15, -0.1) is 23.5 Å². The molecular weight excluding hydrogens is 859 g/mol. The number of nitrogens with two attached hydrogens (primary N) is 1. The highest BCUT2D eigenvalue weighted by atomic mass is 32.2. The fourth-order valence-corrected chi connectivity index (χ4v) is 12.1. The number of nitrogens with one attached hydrogen (secondary N) is 4. The van der Waals surface area contributed by atoms with Crippen LogP contribution in [-0.4, -0.2) is 150 Å². The van der Waals surface area contributed by atoms with E-state index in [0.29, 0.717) is 49.3 Å². The third-order valence-corrected chi connectivity index (χ3v) is 15.0. The van der Waals surface area contributed by atoms with E-state index in [1.165, 1.54) is 6.21 Å². The average Bonchev–Trinajstić information content (AvgIpc) is 3.59. The van der Waals surface area contributed by atoms with Gasteiger partial charge < -0.3 is 46.4 Å². The summed E-state index contributed by atoms with van der Waals surface area (Å²) in [6, 6.07) is 5.91. The van der Waals surface area contributed by atoms with Crippen LogP contribution in [0.25, 0.3) is 0 Å². The van der Waals surface area contributed by atoms with E-state index in [2.05, 4.69) is 31.4 Å². The van der Waals surface area contributed by atoms with Gasteiger partial charge in [-0.1, -0.05) is 65.0 Å². The first kappa shape index (κ1) is 51.0. The molecule has 4 aliphatic heterocycles. The van der Waals surface area contributed by atoms with Crippen LogP contribution in [0.4, 0.5) is 0 Å². The molecule has 0 aromatic heterocycles. The van der Waals surface area contributed by atoms with Gasteiger partial charge in [-0.3, -0.25) is 33.8 Å². The molecule has 0 aliphatic carbocycles. The van der Waals surface area contributed by atoms with Crippen LogP contribution < -0.4 is 27.1 Å². The third kappa shape index (κ3) is 12.9. The minimum Gasteiger partial charge on any atom is -0.377 e. The lowest BCUT2D eigenvalue weighted by molar-refractivity contribution is -0.144. The van der Waals surface area contributed by atoms with Crippen LogP contribution in [0.15, 0.2) is 40.4 Å². The molecular formula is C45H69N9O8S2. The molecule has 5 rings (SSSR count). The van der Waals surface area contributed by atoms with Crippen LogP contribution in [0, 0.1) is 10.8 Å². The number of ketones is 1. The molecule has 5 amide bonds. The standard InChI is InChI=1S/C45H69N9O8S2/c1-8-35(56)49-31-16-21-64-37-24-45(5,6)39(54(37)42(31)59)41(58)51-33(29-13-10-9-11-14-29)27-62-20-18-48-25-30(52-46)26-61-19-12-15-34(55)38-44(3,4)23-36-53(38)43(60)32(17-22-63-36)50-40(57)28(2)47-7/h9-11,13-14,25,28,31-33,36-39,47H,8,12,15-24,26-27,46H2,1-7H3,(H,49,56)(H,50,57)(H,51,58)/t28-,31-,32-,33+,36?,37?,38+,39+/m0/s1. The van der Waals surface area contributed by atoms with Gasteiger partial charge in [0, 0.05) is 25.7 Å². The summed E-state index contributed by atoms with van der Waals surface area (Å²) in [6.07, 6.45) is 4.83. The van der Waals surface area contributed by atoms with Gasteiger partial charge in [0.1, 0.15) is 23.8 Å². The Balaban J connectivity index is 1.08. The predicted molar refractivity (Wildman–Crippen MR) is 251 cm³/mol. The summed E-state index contributed by atoms with van der Waals surface area (Å²) < 4.78 is 11.8. The molecule has 354 valence electrons. The van der Waals surface area contributed by atoms with Crippen molar-refractivity contribution in [1.82, 2.24) is 31.1 Å². The Morgan fingerprint density at radius 3 is 2.12 bits per heavy atom. The zero-order chi connectivity index (χ0) is 46.6. The normalized spacial score (nSPS) is 26.4. The van der Waals surface area contributed by atoms with E-state index in [1.807, 2.05) is 58.0 Å². The van der Waals surface area contributed by atoms with Crippen LogP contribution in [0.1, 0.15) is 98.1 Å². The van der Waals surface area contributed by atoms with Crippen molar-refractivity contribution in [1.29, 1.82) is 0 Å². The topological polar surface area (TPSA) is 226 Å². The number of benzene rings is 1. The van der Waals surface area contributed by atoms with Crippen molar-refractivity contribution in [3.05, 3.63) is 35.9 Å². The number of amides is 5.